The van der Waals surface area contributed by atoms with Crippen molar-refractivity contribution in [1.82, 2.24) is 9.55 Å². The number of hydrogen-bond acceptors (Lipinski definition) is 4. The molecule has 1 heterocycles. The molecule has 0 aliphatic carbocycles. The number of carbonyl (C=O) groups is 1. The molecule has 1 amide bonds. The van der Waals surface area contributed by atoms with Gasteiger partial charge >= 0.3 is 5.69 Å². The molecule has 0 bridgehead atoms. The van der Waals surface area contributed by atoms with Gasteiger partial charge in [0.05, 0.1) is 12.8 Å². The maximum Gasteiger partial charge on any atom is 0.333 e. The Morgan fingerprint density at radius 1 is 1.04 bits per heavy atom. The molecular formula is C21H21N3O4. The number of H-pyrrole nitrogens is 1. The van der Waals surface area contributed by atoms with E-state index in [4.69, 9.17) is 4.74 Å². The molecule has 3 rings (SSSR count). The Hall–Kier alpha value is -3.61. The summed E-state index contributed by atoms with van der Waals surface area (Å²) in [6.07, 6.45) is 1.13. The Balaban J connectivity index is 1.92. The zero-order valence-corrected chi connectivity index (χ0v) is 15.9. The minimum absolute atomic E-state index is 0.164. The molecule has 2 aromatic carbocycles. The molecule has 3 aromatic rings. The average Bonchev–Trinajstić information content (AvgIpc) is 2.69. The average molecular weight is 379 g/mol. The minimum Gasteiger partial charge on any atom is -0.497 e. The first-order chi connectivity index (χ1) is 13.4. The molecule has 0 unspecified atom stereocenters. The highest BCUT2D eigenvalue weighted by molar-refractivity contribution is 6.03. The molecule has 0 spiro atoms. The van der Waals surface area contributed by atoms with Crippen molar-refractivity contribution < 1.29 is 9.53 Å². The van der Waals surface area contributed by atoms with Gasteiger partial charge in [-0.15, -0.1) is 0 Å². The predicted octanol–water partition coefficient (Wildman–Crippen LogP) is 2.91. The van der Waals surface area contributed by atoms with Crippen LogP contribution in [0.4, 0.5) is 5.69 Å². The van der Waals surface area contributed by atoms with Crippen molar-refractivity contribution in [2.75, 3.05) is 12.4 Å². The number of benzene rings is 2. The standard InChI is InChI=1S/C21H21N3O4/c1-13(2)14-4-6-15(7-5-14)23-19(25)18-12-22-21(27)24(20(18)26)16-8-10-17(28-3)11-9-16/h4-13H,1-3H3,(H,22,27)(H,23,25). The number of carbonyl (C=O) groups excluding carboxylic acids is 1. The molecule has 28 heavy (non-hydrogen) atoms. The molecule has 7 heteroatoms. The molecule has 0 aliphatic rings. The van der Waals surface area contributed by atoms with Crippen LogP contribution in [0.5, 0.6) is 5.75 Å². The van der Waals surface area contributed by atoms with Gasteiger partial charge in [-0.05, 0) is 47.9 Å². The van der Waals surface area contributed by atoms with E-state index in [1.54, 1.807) is 36.4 Å². The van der Waals surface area contributed by atoms with Crippen molar-refractivity contribution in [3.63, 3.8) is 0 Å². The molecule has 0 fully saturated rings. The van der Waals surface area contributed by atoms with Crippen molar-refractivity contribution in [3.8, 4) is 11.4 Å². The van der Waals surface area contributed by atoms with E-state index in [9.17, 15) is 14.4 Å². The number of amides is 1. The summed E-state index contributed by atoms with van der Waals surface area (Å²) in [7, 11) is 1.52. The molecule has 0 atom stereocenters. The van der Waals surface area contributed by atoms with Gasteiger partial charge < -0.3 is 15.0 Å². The number of nitrogens with zero attached hydrogens (tertiary/aromatic N) is 1. The molecule has 1 aromatic heterocycles. The van der Waals surface area contributed by atoms with Crippen molar-refractivity contribution in [3.05, 3.63) is 86.7 Å². The van der Waals surface area contributed by atoms with Gasteiger partial charge in [-0.1, -0.05) is 26.0 Å². The topological polar surface area (TPSA) is 93.2 Å². The van der Waals surface area contributed by atoms with Gasteiger partial charge in [0.25, 0.3) is 11.5 Å². The highest BCUT2D eigenvalue weighted by Gasteiger charge is 2.16. The maximum atomic E-state index is 12.8. The first-order valence-electron chi connectivity index (χ1n) is 8.81. The Kier molecular flexibility index (Phi) is 5.44. The molecular weight excluding hydrogens is 358 g/mol. The monoisotopic (exact) mass is 379 g/mol. The van der Waals surface area contributed by atoms with E-state index in [2.05, 4.69) is 24.1 Å². The number of ether oxygens (including phenoxy) is 1. The van der Waals surface area contributed by atoms with Gasteiger partial charge in [0.2, 0.25) is 0 Å². The molecule has 0 radical (unpaired) electrons. The van der Waals surface area contributed by atoms with Crippen LogP contribution in [0.3, 0.4) is 0 Å². The minimum atomic E-state index is -0.704. The second-order valence-electron chi connectivity index (χ2n) is 6.58. The highest BCUT2D eigenvalue weighted by atomic mass is 16.5. The third kappa shape index (κ3) is 3.88. The van der Waals surface area contributed by atoms with E-state index in [-0.39, 0.29) is 5.56 Å². The Labute approximate surface area is 161 Å². The lowest BCUT2D eigenvalue weighted by atomic mass is 10.0. The van der Waals surface area contributed by atoms with Crippen LogP contribution >= 0.6 is 0 Å². The van der Waals surface area contributed by atoms with Crippen molar-refractivity contribution in [1.29, 1.82) is 0 Å². The van der Waals surface area contributed by atoms with Gasteiger partial charge in [-0.3, -0.25) is 9.59 Å². The van der Waals surface area contributed by atoms with Crippen LogP contribution in [0.25, 0.3) is 5.69 Å². The summed E-state index contributed by atoms with van der Waals surface area (Å²) in [4.78, 5) is 40.0. The van der Waals surface area contributed by atoms with Crippen LogP contribution in [-0.2, 0) is 0 Å². The fourth-order valence-corrected chi connectivity index (χ4v) is 2.75. The summed E-state index contributed by atoms with van der Waals surface area (Å²) in [6, 6.07) is 13.8. The third-order valence-electron chi connectivity index (χ3n) is 4.39. The molecule has 0 saturated heterocycles. The molecule has 2 N–H and O–H groups in total. The van der Waals surface area contributed by atoms with Crippen molar-refractivity contribution >= 4 is 11.6 Å². The zero-order chi connectivity index (χ0) is 20.3. The summed E-state index contributed by atoms with van der Waals surface area (Å²) >= 11 is 0. The van der Waals surface area contributed by atoms with E-state index in [1.807, 2.05) is 12.1 Å². The quantitative estimate of drug-likeness (QED) is 0.713. The second-order valence-corrected chi connectivity index (χ2v) is 6.58. The number of aromatic amines is 1. The van der Waals surface area contributed by atoms with Gasteiger partial charge in [0.15, 0.2) is 0 Å². The summed E-state index contributed by atoms with van der Waals surface area (Å²) in [5, 5.41) is 2.69. The summed E-state index contributed by atoms with van der Waals surface area (Å²) < 4.78 is 5.99. The fraction of sp³-hybridized carbons (Fsp3) is 0.190. The van der Waals surface area contributed by atoms with Crippen molar-refractivity contribution in [2.45, 2.75) is 19.8 Å². The molecule has 7 nitrogen and oxygen atoms in total. The smallest absolute Gasteiger partial charge is 0.333 e. The first-order valence-corrected chi connectivity index (χ1v) is 8.81. The van der Waals surface area contributed by atoms with Crippen molar-refractivity contribution in [2.24, 2.45) is 0 Å². The zero-order valence-electron chi connectivity index (χ0n) is 15.9. The number of anilines is 1. The Morgan fingerprint density at radius 3 is 2.25 bits per heavy atom. The number of aromatic nitrogens is 2. The highest BCUT2D eigenvalue weighted by Crippen LogP contribution is 2.17. The fourth-order valence-electron chi connectivity index (χ4n) is 2.75. The van der Waals surface area contributed by atoms with Gasteiger partial charge in [0.1, 0.15) is 11.3 Å². The van der Waals surface area contributed by atoms with E-state index in [1.165, 1.54) is 7.11 Å². The SMILES string of the molecule is COc1ccc(-n2c(=O)[nH]cc(C(=O)Nc3ccc(C(C)C)cc3)c2=O)cc1. The first kappa shape index (κ1) is 19.2. The van der Waals surface area contributed by atoms with E-state index < -0.39 is 17.2 Å². The number of nitrogens with one attached hydrogen (secondary N) is 2. The lowest BCUT2D eigenvalue weighted by Gasteiger charge is -2.10. The lowest BCUT2D eigenvalue weighted by molar-refractivity contribution is 0.102. The van der Waals surface area contributed by atoms with Gasteiger partial charge in [-0.25, -0.2) is 9.36 Å². The van der Waals surface area contributed by atoms with Gasteiger partial charge in [0, 0.05) is 11.9 Å². The van der Waals surface area contributed by atoms with Crippen LogP contribution in [0.1, 0.15) is 35.7 Å². The number of rotatable bonds is 5. The molecule has 0 aliphatic heterocycles. The van der Waals surface area contributed by atoms with E-state index in [0.717, 1.165) is 16.3 Å². The molecule has 144 valence electrons. The normalized spacial score (nSPS) is 10.7. The maximum absolute atomic E-state index is 12.8. The van der Waals surface area contributed by atoms with E-state index >= 15 is 0 Å². The third-order valence-corrected chi connectivity index (χ3v) is 4.39. The summed E-state index contributed by atoms with van der Waals surface area (Å²) in [6.45, 7) is 4.16. The predicted molar refractivity (Wildman–Crippen MR) is 108 cm³/mol. The van der Waals surface area contributed by atoms with E-state index in [0.29, 0.717) is 23.0 Å². The largest absolute Gasteiger partial charge is 0.497 e. The van der Waals surface area contributed by atoms with Crippen LogP contribution < -0.4 is 21.3 Å². The lowest BCUT2D eigenvalue weighted by Crippen LogP contribution is -2.38. The van der Waals surface area contributed by atoms with Crippen LogP contribution in [0.15, 0.2) is 64.3 Å². The summed E-state index contributed by atoms with van der Waals surface area (Å²) in [5.41, 5.74) is 0.546. The summed E-state index contributed by atoms with van der Waals surface area (Å²) in [5.74, 6) is 0.369. The molecule has 0 saturated carbocycles. The Morgan fingerprint density at radius 2 is 1.68 bits per heavy atom. The van der Waals surface area contributed by atoms with Crippen LogP contribution in [-0.4, -0.2) is 22.6 Å². The Bertz CT molecular complexity index is 1090. The number of methoxy groups -OCH3 is 1. The second kappa shape index (κ2) is 7.96. The van der Waals surface area contributed by atoms with Crippen LogP contribution in [0.2, 0.25) is 0 Å². The number of hydrogen-bond donors (Lipinski definition) is 2. The van der Waals surface area contributed by atoms with Crippen LogP contribution in [0, 0.1) is 0 Å². The van der Waals surface area contributed by atoms with Gasteiger partial charge in [-0.2, -0.15) is 0 Å².